The van der Waals surface area contributed by atoms with E-state index in [2.05, 4.69) is 10.2 Å². The van der Waals surface area contributed by atoms with Crippen molar-refractivity contribution in [3.63, 3.8) is 0 Å². The average Bonchev–Trinajstić information content (AvgIpc) is 2.66. The SMILES string of the molecule is Nc1[nH]ncc1S(=O)(=O)N1CCCCC1. The van der Waals surface area contributed by atoms with Crippen LogP contribution in [0.4, 0.5) is 5.82 Å². The summed E-state index contributed by atoms with van der Waals surface area (Å²) in [5.74, 6) is 0.112. The first-order valence-corrected chi connectivity index (χ1v) is 6.35. The molecule has 0 unspecified atom stereocenters. The number of hydrogen-bond acceptors (Lipinski definition) is 4. The summed E-state index contributed by atoms with van der Waals surface area (Å²) in [5, 5.41) is 6.06. The van der Waals surface area contributed by atoms with Gasteiger partial charge in [0.15, 0.2) is 0 Å². The molecule has 6 nitrogen and oxygen atoms in total. The van der Waals surface area contributed by atoms with E-state index in [9.17, 15) is 8.42 Å². The average molecular weight is 230 g/mol. The van der Waals surface area contributed by atoms with Gasteiger partial charge in [-0.15, -0.1) is 0 Å². The first-order chi connectivity index (χ1) is 7.12. The van der Waals surface area contributed by atoms with Crippen molar-refractivity contribution in [1.82, 2.24) is 14.5 Å². The Bertz CT molecular complexity index is 433. The third-order valence-electron chi connectivity index (χ3n) is 2.57. The molecule has 2 heterocycles. The molecule has 0 bridgehead atoms. The lowest BCUT2D eigenvalue weighted by molar-refractivity contribution is 0.347. The first-order valence-electron chi connectivity index (χ1n) is 4.91. The Balaban J connectivity index is 2.30. The second-order valence-electron chi connectivity index (χ2n) is 3.61. The molecule has 0 aliphatic carbocycles. The summed E-state index contributed by atoms with van der Waals surface area (Å²) in [7, 11) is -3.43. The van der Waals surface area contributed by atoms with Gasteiger partial charge in [-0.25, -0.2) is 8.42 Å². The molecule has 0 aromatic carbocycles. The fourth-order valence-corrected chi connectivity index (χ4v) is 3.26. The molecule has 0 amide bonds. The van der Waals surface area contributed by atoms with E-state index in [4.69, 9.17) is 5.73 Å². The zero-order chi connectivity index (χ0) is 10.9. The van der Waals surface area contributed by atoms with Gasteiger partial charge in [-0.05, 0) is 12.8 Å². The number of nitrogens with zero attached hydrogens (tertiary/aromatic N) is 2. The smallest absolute Gasteiger partial charge is 0.248 e. The Morgan fingerprint density at radius 1 is 1.33 bits per heavy atom. The normalized spacial score (nSPS) is 19.2. The van der Waals surface area contributed by atoms with Gasteiger partial charge in [0, 0.05) is 13.1 Å². The van der Waals surface area contributed by atoms with Crippen LogP contribution in [0.5, 0.6) is 0 Å². The third kappa shape index (κ3) is 1.84. The van der Waals surface area contributed by atoms with Gasteiger partial charge >= 0.3 is 0 Å². The van der Waals surface area contributed by atoms with Gasteiger partial charge in [0.2, 0.25) is 10.0 Å². The van der Waals surface area contributed by atoms with E-state index in [1.807, 2.05) is 0 Å². The number of H-pyrrole nitrogens is 1. The number of aromatic amines is 1. The number of nitrogen functional groups attached to an aromatic ring is 1. The Hall–Kier alpha value is -1.08. The van der Waals surface area contributed by atoms with E-state index in [0.29, 0.717) is 13.1 Å². The van der Waals surface area contributed by atoms with Crippen molar-refractivity contribution in [2.75, 3.05) is 18.8 Å². The minimum atomic E-state index is -3.43. The maximum atomic E-state index is 12.1. The van der Waals surface area contributed by atoms with Gasteiger partial charge in [-0.3, -0.25) is 5.10 Å². The molecule has 3 N–H and O–H groups in total. The highest BCUT2D eigenvalue weighted by Crippen LogP contribution is 2.22. The fraction of sp³-hybridized carbons (Fsp3) is 0.625. The highest BCUT2D eigenvalue weighted by molar-refractivity contribution is 7.89. The predicted octanol–water partition coefficient (Wildman–Crippen LogP) is 0.166. The first kappa shape index (κ1) is 10.4. The maximum absolute atomic E-state index is 12.1. The van der Waals surface area contributed by atoms with Crippen molar-refractivity contribution in [2.24, 2.45) is 0 Å². The molecular formula is C8H14N4O2S. The molecule has 1 aromatic heterocycles. The Labute approximate surface area is 88.5 Å². The lowest BCUT2D eigenvalue weighted by Gasteiger charge is -2.25. The quantitative estimate of drug-likeness (QED) is 0.757. The zero-order valence-corrected chi connectivity index (χ0v) is 9.13. The molecule has 1 aliphatic rings. The number of nitrogens with two attached hydrogens (primary N) is 1. The maximum Gasteiger partial charge on any atom is 0.248 e. The van der Waals surface area contributed by atoms with Crippen molar-refractivity contribution in [3.05, 3.63) is 6.20 Å². The second-order valence-corrected chi connectivity index (χ2v) is 5.52. The van der Waals surface area contributed by atoms with Crippen LogP contribution in [0.3, 0.4) is 0 Å². The molecule has 2 rings (SSSR count). The molecule has 7 heteroatoms. The van der Waals surface area contributed by atoms with E-state index in [-0.39, 0.29) is 10.7 Å². The highest BCUT2D eigenvalue weighted by Gasteiger charge is 2.28. The Morgan fingerprint density at radius 3 is 2.53 bits per heavy atom. The van der Waals surface area contributed by atoms with Gasteiger partial charge in [0.25, 0.3) is 0 Å². The van der Waals surface area contributed by atoms with Crippen LogP contribution in [0.25, 0.3) is 0 Å². The van der Waals surface area contributed by atoms with Gasteiger partial charge in [0.05, 0.1) is 6.20 Å². The van der Waals surface area contributed by atoms with Crippen molar-refractivity contribution in [1.29, 1.82) is 0 Å². The van der Waals surface area contributed by atoms with Crippen LogP contribution in [-0.2, 0) is 10.0 Å². The topological polar surface area (TPSA) is 92.1 Å². The van der Waals surface area contributed by atoms with Gasteiger partial charge in [-0.2, -0.15) is 9.40 Å². The molecule has 15 heavy (non-hydrogen) atoms. The van der Waals surface area contributed by atoms with Crippen molar-refractivity contribution in [2.45, 2.75) is 24.2 Å². The molecule has 0 spiro atoms. The molecule has 1 fully saturated rings. The molecule has 0 atom stereocenters. The number of anilines is 1. The summed E-state index contributed by atoms with van der Waals surface area (Å²) in [6.45, 7) is 1.15. The largest absolute Gasteiger partial charge is 0.383 e. The van der Waals surface area contributed by atoms with Crippen LogP contribution in [0.15, 0.2) is 11.1 Å². The lowest BCUT2D eigenvalue weighted by Crippen LogP contribution is -2.35. The molecular weight excluding hydrogens is 216 g/mol. The van der Waals surface area contributed by atoms with E-state index >= 15 is 0 Å². The Kier molecular flexibility index (Phi) is 2.66. The van der Waals surface area contributed by atoms with Crippen LogP contribution in [0, 0.1) is 0 Å². The monoisotopic (exact) mass is 230 g/mol. The number of hydrogen-bond donors (Lipinski definition) is 2. The minimum Gasteiger partial charge on any atom is -0.383 e. The van der Waals surface area contributed by atoms with Crippen LogP contribution in [0.2, 0.25) is 0 Å². The van der Waals surface area contributed by atoms with Gasteiger partial charge in [-0.1, -0.05) is 6.42 Å². The Morgan fingerprint density at radius 2 is 2.00 bits per heavy atom. The van der Waals surface area contributed by atoms with Crippen molar-refractivity contribution in [3.8, 4) is 0 Å². The molecule has 0 saturated carbocycles. The van der Waals surface area contributed by atoms with Crippen LogP contribution in [-0.4, -0.2) is 36.0 Å². The lowest BCUT2D eigenvalue weighted by atomic mass is 10.2. The highest BCUT2D eigenvalue weighted by atomic mass is 32.2. The molecule has 1 aromatic rings. The van der Waals surface area contributed by atoms with Crippen LogP contribution in [0.1, 0.15) is 19.3 Å². The summed E-state index contributed by atoms with van der Waals surface area (Å²) in [6.07, 6.45) is 4.18. The standard InChI is InChI=1S/C8H14N4O2S/c9-8-7(6-10-11-8)15(13,14)12-4-2-1-3-5-12/h6H,1-5H2,(H3,9,10,11). The number of rotatable bonds is 2. The minimum absolute atomic E-state index is 0.0874. The third-order valence-corrected chi connectivity index (χ3v) is 4.49. The van der Waals surface area contributed by atoms with Crippen molar-refractivity contribution >= 4 is 15.8 Å². The van der Waals surface area contributed by atoms with Crippen LogP contribution < -0.4 is 5.73 Å². The molecule has 1 saturated heterocycles. The number of piperidine rings is 1. The summed E-state index contributed by atoms with van der Waals surface area (Å²) < 4.78 is 25.6. The molecule has 84 valence electrons. The van der Waals surface area contributed by atoms with E-state index in [1.54, 1.807) is 0 Å². The zero-order valence-electron chi connectivity index (χ0n) is 8.31. The molecule has 0 radical (unpaired) electrons. The molecule has 1 aliphatic heterocycles. The fourth-order valence-electron chi connectivity index (χ4n) is 1.73. The van der Waals surface area contributed by atoms with Gasteiger partial charge < -0.3 is 5.73 Å². The van der Waals surface area contributed by atoms with Gasteiger partial charge in [0.1, 0.15) is 10.7 Å². The van der Waals surface area contributed by atoms with Crippen LogP contribution >= 0.6 is 0 Å². The van der Waals surface area contributed by atoms with Crippen molar-refractivity contribution < 1.29 is 8.42 Å². The van der Waals surface area contributed by atoms with E-state index < -0.39 is 10.0 Å². The number of aromatic nitrogens is 2. The summed E-state index contributed by atoms with van der Waals surface area (Å²) in [4.78, 5) is 0.0874. The summed E-state index contributed by atoms with van der Waals surface area (Å²) in [5.41, 5.74) is 5.51. The summed E-state index contributed by atoms with van der Waals surface area (Å²) >= 11 is 0. The second kappa shape index (κ2) is 3.82. The summed E-state index contributed by atoms with van der Waals surface area (Å²) in [6, 6.07) is 0. The van der Waals surface area contributed by atoms with E-state index in [1.165, 1.54) is 10.5 Å². The van der Waals surface area contributed by atoms with E-state index in [0.717, 1.165) is 19.3 Å². The number of nitrogens with one attached hydrogen (secondary N) is 1. The number of sulfonamides is 1. The predicted molar refractivity (Wildman–Crippen MR) is 55.6 cm³/mol.